The number of ether oxygens (including phenoxy) is 2. The number of carboxylic acid groups (broad SMARTS) is 1. The zero-order valence-corrected chi connectivity index (χ0v) is 9.97. The second-order valence-corrected chi connectivity index (χ2v) is 3.67. The third kappa shape index (κ3) is 3.44. The first kappa shape index (κ1) is 13.5. The van der Waals surface area contributed by atoms with Gasteiger partial charge in [0.05, 0.1) is 19.6 Å². The van der Waals surface area contributed by atoms with Crippen molar-refractivity contribution >= 4 is 5.97 Å². The van der Waals surface area contributed by atoms with E-state index in [1.54, 1.807) is 19.2 Å². The van der Waals surface area contributed by atoms with Crippen LogP contribution in [0.3, 0.4) is 0 Å². The number of benzene rings is 1. The maximum Gasteiger partial charge on any atom is 0.312 e. The summed E-state index contributed by atoms with van der Waals surface area (Å²) < 4.78 is 10.1. The SMILES string of the molecule is COCc1cc(OC)cc(C(CN)C(=O)O)c1. The molecule has 1 unspecified atom stereocenters. The molecule has 0 saturated heterocycles. The van der Waals surface area contributed by atoms with Crippen molar-refractivity contribution in [2.45, 2.75) is 12.5 Å². The van der Waals surface area contributed by atoms with Gasteiger partial charge in [0.15, 0.2) is 0 Å². The summed E-state index contributed by atoms with van der Waals surface area (Å²) in [5.74, 6) is -1.06. The van der Waals surface area contributed by atoms with Crippen LogP contribution in [0.4, 0.5) is 0 Å². The van der Waals surface area contributed by atoms with Crippen molar-refractivity contribution in [3.05, 3.63) is 29.3 Å². The third-order valence-electron chi connectivity index (χ3n) is 2.47. The highest BCUT2D eigenvalue weighted by Gasteiger charge is 2.19. The van der Waals surface area contributed by atoms with Crippen molar-refractivity contribution in [3.8, 4) is 5.75 Å². The van der Waals surface area contributed by atoms with Crippen LogP contribution in [-0.4, -0.2) is 31.8 Å². The molecule has 1 atom stereocenters. The van der Waals surface area contributed by atoms with E-state index in [2.05, 4.69) is 0 Å². The Kier molecular flexibility index (Phi) is 4.93. The van der Waals surface area contributed by atoms with E-state index in [1.807, 2.05) is 6.07 Å². The largest absolute Gasteiger partial charge is 0.497 e. The standard InChI is InChI=1S/C12H17NO4/c1-16-7-8-3-9(5-10(4-8)17-2)11(6-13)12(14)15/h3-5,11H,6-7,13H2,1-2H3,(H,14,15). The molecule has 0 radical (unpaired) electrons. The second kappa shape index (κ2) is 6.22. The molecule has 0 saturated carbocycles. The molecule has 0 aliphatic rings. The minimum Gasteiger partial charge on any atom is -0.497 e. The minimum absolute atomic E-state index is 0.0505. The van der Waals surface area contributed by atoms with Gasteiger partial charge in [-0.15, -0.1) is 0 Å². The van der Waals surface area contributed by atoms with E-state index < -0.39 is 11.9 Å². The van der Waals surface area contributed by atoms with Gasteiger partial charge in [-0.05, 0) is 23.3 Å². The summed E-state index contributed by atoms with van der Waals surface area (Å²) in [6.07, 6.45) is 0. The lowest BCUT2D eigenvalue weighted by Gasteiger charge is -2.13. The summed E-state index contributed by atoms with van der Waals surface area (Å²) >= 11 is 0. The van der Waals surface area contributed by atoms with E-state index in [0.717, 1.165) is 5.56 Å². The number of aliphatic carboxylic acids is 1. The van der Waals surface area contributed by atoms with Crippen LogP contribution in [0.2, 0.25) is 0 Å². The highest BCUT2D eigenvalue weighted by atomic mass is 16.5. The maximum absolute atomic E-state index is 11.0. The topological polar surface area (TPSA) is 81.8 Å². The van der Waals surface area contributed by atoms with Gasteiger partial charge in [-0.3, -0.25) is 4.79 Å². The summed E-state index contributed by atoms with van der Waals surface area (Å²) in [6, 6.07) is 5.27. The van der Waals surface area contributed by atoms with Gasteiger partial charge < -0.3 is 20.3 Å². The number of nitrogens with two attached hydrogens (primary N) is 1. The van der Waals surface area contributed by atoms with Crippen LogP contribution in [0, 0.1) is 0 Å². The number of hydrogen-bond donors (Lipinski definition) is 2. The second-order valence-electron chi connectivity index (χ2n) is 3.67. The fourth-order valence-corrected chi connectivity index (χ4v) is 1.63. The molecule has 0 aliphatic carbocycles. The maximum atomic E-state index is 11.0. The Hall–Kier alpha value is -1.59. The van der Waals surface area contributed by atoms with Crippen LogP contribution in [-0.2, 0) is 16.1 Å². The number of hydrogen-bond acceptors (Lipinski definition) is 4. The van der Waals surface area contributed by atoms with Crippen molar-refractivity contribution in [1.82, 2.24) is 0 Å². The molecule has 1 rings (SSSR count). The molecule has 0 fully saturated rings. The van der Waals surface area contributed by atoms with Crippen LogP contribution in [0.25, 0.3) is 0 Å². The molecule has 1 aromatic carbocycles. The first-order valence-corrected chi connectivity index (χ1v) is 5.22. The van der Waals surface area contributed by atoms with Gasteiger partial charge in [0.2, 0.25) is 0 Å². The van der Waals surface area contributed by atoms with E-state index in [1.165, 1.54) is 7.11 Å². The molecule has 5 nitrogen and oxygen atoms in total. The zero-order chi connectivity index (χ0) is 12.8. The van der Waals surface area contributed by atoms with Crippen LogP contribution < -0.4 is 10.5 Å². The molecule has 0 aliphatic heterocycles. The smallest absolute Gasteiger partial charge is 0.312 e. The zero-order valence-electron chi connectivity index (χ0n) is 9.97. The van der Waals surface area contributed by atoms with Gasteiger partial charge in [0.1, 0.15) is 5.75 Å². The molecule has 0 amide bonds. The number of rotatable bonds is 6. The Balaban J connectivity index is 3.12. The highest BCUT2D eigenvalue weighted by Crippen LogP contribution is 2.23. The van der Waals surface area contributed by atoms with Crippen molar-refractivity contribution in [3.63, 3.8) is 0 Å². The van der Waals surface area contributed by atoms with Gasteiger partial charge in [-0.2, -0.15) is 0 Å². The highest BCUT2D eigenvalue weighted by molar-refractivity contribution is 5.76. The van der Waals surface area contributed by atoms with E-state index in [-0.39, 0.29) is 6.54 Å². The fraction of sp³-hybridized carbons (Fsp3) is 0.417. The Bertz CT molecular complexity index is 392. The van der Waals surface area contributed by atoms with Crippen LogP contribution in [0.15, 0.2) is 18.2 Å². The quantitative estimate of drug-likeness (QED) is 0.773. The molecule has 0 heterocycles. The molecule has 94 valence electrons. The third-order valence-corrected chi connectivity index (χ3v) is 2.47. The van der Waals surface area contributed by atoms with Gasteiger partial charge >= 0.3 is 5.97 Å². The molecule has 0 bridgehead atoms. The Morgan fingerprint density at radius 2 is 2.12 bits per heavy atom. The summed E-state index contributed by atoms with van der Waals surface area (Å²) in [5.41, 5.74) is 6.96. The van der Waals surface area contributed by atoms with E-state index in [4.69, 9.17) is 20.3 Å². The van der Waals surface area contributed by atoms with Gasteiger partial charge in [-0.25, -0.2) is 0 Å². The van der Waals surface area contributed by atoms with E-state index in [0.29, 0.717) is 17.9 Å². The Morgan fingerprint density at radius 1 is 1.41 bits per heavy atom. The summed E-state index contributed by atoms with van der Waals surface area (Å²) in [4.78, 5) is 11.0. The molecule has 17 heavy (non-hydrogen) atoms. The normalized spacial score (nSPS) is 12.2. The number of carboxylic acids is 1. The monoisotopic (exact) mass is 239 g/mol. The van der Waals surface area contributed by atoms with Crippen LogP contribution in [0.1, 0.15) is 17.0 Å². The molecule has 1 aromatic rings. The summed E-state index contributed by atoms with van der Waals surface area (Å²) in [5, 5.41) is 9.06. The first-order valence-electron chi connectivity index (χ1n) is 5.22. The lowest BCUT2D eigenvalue weighted by atomic mass is 9.97. The van der Waals surface area contributed by atoms with Crippen molar-refractivity contribution in [2.75, 3.05) is 20.8 Å². The fourth-order valence-electron chi connectivity index (χ4n) is 1.63. The predicted octanol–water partition coefficient (Wildman–Crippen LogP) is 0.968. The van der Waals surface area contributed by atoms with Crippen molar-refractivity contribution < 1.29 is 19.4 Å². The average molecular weight is 239 g/mol. The molecular formula is C12H17NO4. The van der Waals surface area contributed by atoms with Gasteiger partial charge in [0.25, 0.3) is 0 Å². The molecule has 3 N–H and O–H groups in total. The number of methoxy groups -OCH3 is 2. The molecular weight excluding hydrogens is 222 g/mol. The van der Waals surface area contributed by atoms with Gasteiger partial charge in [0, 0.05) is 13.7 Å². The van der Waals surface area contributed by atoms with Crippen molar-refractivity contribution in [1.29, 1.82) is 0 Å². The number of carbonyl (C=O) groups is 1. The van der Waals surface area contributed by atoms with E-state index in [9.17, 15) is 4.79 Å². The average Bonchev–Trinajstić information content (AvgIpc) is 2.29. The lowest BCUT2D eigenvalue weighted by molar-refractivity contribution is -0.138. The van der Waals surface area contributed by atoms with Crippen LogP contribution >= 0.6 is 0 Å². The molecule has 0 aromatic heterocycles. The first-order chi connectivity index (χ1) is 8.12. The molecule has 0 spiro atoms. The minimum atomic E-state index is -0.941. The predicted molar refractivity (Wildman–Crippen MR) is 63.1 cm³/mol. The summed E-state index contributed by atoms with van der Waals surface area (Å²) in [6.45, 7) is 0.454. The Labute approximate surface area is 100 Å². The Morgan fingerprint density at radius 3 is 2.59 bits per heavy atom. The van der Waals surface area contributed by atoms with Crippen molar-refractivity contribution in [2.24, 2.45) is 5.73 Å². The van der Waals surface area contributed by atoms with Crippen LogP contribution in [0.5, 0.6) is 5.75 Å². The molecule has 5 heteroatoms. The lowest BCUT2D eigenvalue weighted by Crippen LogP contribution is -2.21. The summed E-state index contributed by atoms with van der Waals surface area (Å²) in [7, 11) is 3.12. The van der Waals surface area contributed by atoms with E-state index >= 15 is 0 Å². The van der Waals surface area contributed by atoms with Gasteiger partial charge in [-0.1, -0.05) is 6.07 Å².